The zero-order valence-corrected chi connectivity index (χ0v) is 11.8. The molecule has 0 N–H and O–H groups in total. The second-order valence-corrected chi connectivity index (χ2v) is 5.25. The van der Waals surface area contributed by atoms with Gasteiger partial charge in [0.05, 0.1) is 5.39 Å². The number of hydrogen-bond donors (Lipinski definition) is 0. The van der Waals surface area contributed by atoms with E-state index in [1.54, 1.807) is 6.07 Å². The molecule has 0 fully saturated rings. The molecule has 0 spiro atoms. The zero-order chi connectivity index (χ0) is 14.3. The summed E-state index contributed by atoms with van der Waals surface area (Å²) in [5.41, 5.74) is 1.39. The van der Waals surface area contributed by atoms with E-state index in [9.17, 15) is 4.79 Å². The Morgan fingerprint density at radius 2 is 1.90 bits per heavy atom. The van der Waals surface area contributed by atoms with E-state index in [0.717, 1.165) is 16.3 Å². The van der Waals surface area contributed by atoms with Crippen LogP contribution < -0.4 is 5.63 Å². The van der Waals surface area contributed by atoms with Crippen LogP contribution in [0.3, 0.4) is 0 Å². The summed E-state index contributed by atoms with van der Waals surface area (Å²) >= 11 is 0. The van der Waals surface area contributed by atoms with E-state index in [1.165, 1.54) is 0 Å². The third kappa shape index (κ3) is 2.00. The standard InChI is InChI=1S/C17H16NO2/c1-11(18(2)3)12-8-9-14-13-6-4-5-7-15(13)17(19)20-16(14)10-12/h4-8,10-11H,1-3H3/t11-/m0/s1. The van der Waals surface area contributed by atoms with Crippen LogP contribution in [0.2, 0.25) is 0 Å². The molecular weight excluding hydrogens is 250 g/mol. The highest BCUT2D eigenvalue weighted by Crippen LogP contribution is 2.26. The van der Waals surface area contributed by atoms with E-state index < -0.39 is 0 Å². The van der Waals surface area contributed by atoms with E-state index in [2.05, 4.69) is 17.9 Å². The van der Waals surface area contributed by atoms with Gasteiger partial charge in [0, 0.05) is 16.8 Å². The molecular formula is C17H16NO2. The number of rotatable bonds is 2. The molecule has 0 aliphatic heterocycles. The first-order chi connectivity index (χ1) is 9.58. The molecule has 0 aliphatic carbocycles. The molecule has 0 aliphatic rings. The lowest BCUT2D eigenvalue weighted by Gasteiger charge is -2.20. The minimum Gasteiger partial charge on any atom is -0.422 e. The summed E-state index contributed by atoms with van der Waals surface area (Å²) in [6.45, 7) is 2.11. The molecule has 3 rings (SSSR count). The molecule has 20 heavy (non-hydrogen) atoms. The van der Waals surface area contributed by atoms with Crippen LogP contribution >= 0.6 is 0 Å². The molecule has 0 bridgehead atoms. The molecule has 3 nitrogen and oxygen atoms in total. The fourth-order valence-corrected chi connectivity index (χ4v) is 2.36. The van der Waals surface area contributed by atoms with Gasteiger partial charge in [-0.2, -0.15) is 0 Å². The fraction of sp³-hybridized carbons (Fsp3) is 0.235. The van der Waals surface area contributed by atoms with Crippen molar-refractivity contribution in [3.8, 4) is 0 Å². The maximum Gasteiger partial charge on any atom is 0.344 e. The highest BCUT2D eigenvalue weighted by molar-refractivity contribution is 6.03. The monoisotopic (exact) mass is 266 g/mol. The molecule has 0 unspecified atom stereocenters. The first-order valence-corrected chi connectivity index (χ1v) is 6.61. The maximum absolute atomic E-state index is 12.0. The van der Waals surface area contributed by atoms with Crippen LogP contribution in [0.15, 0.2) is 45.6 Å². The molecule has 1 atom stereocenters. The van der Waals surface area contributed by atoms with E-state index in [1.807, 2.05) is 44.4 Å². The first-order valence-electron chi connectivity index (χ1n) is 6.61. The SMILES string of the molecule is C[C@@H](c1c[c]c2c(c1)oc(=O)c1ccccc12)N(C)C. The van der Waals surface area contributed by atoms with Gasteiger partial charge >= 0.3 is 5.63 Å². The average molecular weight is 266 g/mol. The third-order valence-electron chi connectivity index (χ3n) is 3.80. The Kier molecular flexibility index (Phi) is 3.07. The summed E-state index contributed by atoms with van der Waals surface area (Å²) in [6.07, 6.45) is 0. The highest BCUT2D eigenvalue weighted by Gasteiger charge is 2.12. The van der Waals surface area contributed by atoms with E-state index in [-0.39, 0.29) is 11.7 Å². The van der Waals surface area contributed by atoms with Crippen LogP contribution in [0.1, 0.15) is 18.5 Å². The molecule has 0 saturated heterocycles. The molecule has 3 heteroatoms. The molecule has 1 radical (unpaired) electrons. The van der Waals surface area contributed by atoms with Crippen molar-refractivity contribution in [2.24, 2.45) is 0 Å². The molecule has 1 aromatic heterocycles. The first kappa shape index (κ1) is 12.9. The minimum absolute atomic E-state index is 0.243. The Labute approximate surface area is 117 Å². The number of nitrogens with zero attached hydrogens (tertiary/aromatic N) is 1. The van der Waals surface area contributed by atoms with Gasteiger partial charge in [0.1, 0.15) is 5.58 Å². The number of hydrogen-bond acceptors (Lipinski definition) is 3. The van der Waals surface area contributed by atoms with Crippen molar-refractivity contribution in [1.29, 1.82) is 0 Å². The zero-order valence-electron chi connectivity index (χ0n) is 11.8. The Morgan fingerprint density at radius 3 is 2.60 bits per heavy atom. The average Bonchev–Trinajstić information content (AvgIpc) is 2.46. The van der Waals surface area contributed by atoms with Gasteiger partial charge in [-0.15, -0.1) is 0 Å². The van der Waals surface area contributed by atoms with Crippen LogP contribution in [-0.4, -0.2) is 19.0 Å². The van der Waals surface area contributed by atoms with E-state index in [4.69, 9.17) is 4.42 Å². The summed E-state index contributed by atoms with van der Waals surface area (Å²) in [5, 5.41) is 2.35. The molecule has 0 saturated carbocycles. The van der Waals surface area contributed by atoms with Crippen LogP contribution in [0.5, 0.6) is 0 Å². The van der Waals surface area contributed by atoms with Gasteiger partial charge in [0.25, 0.3) is 0 Å². The van der Waals surface area contributed by atoms with Crippen LogP contribution in [-0.2, 0) is 0 Å². The Morgan fingerprint density at radius 1 is 1.20 bits per heavy atom. The van der Waals surface area contributed by atoms with Crippen LogP contribution in [0, 0.1) is 6.07 Å². The van der Waals surface area contributed by atoms with Crippen molar-refractivity contribution in [2.45, 2.75) is 13.0 Å². The summed E-state index contributed by atoms with van der Waals surface area (Å²) in [6, 6.07) is 14.9. The van der Waals surface area contributed by atoms with Gasteiger partial charge in [0.15, 0.2) is 0 Å². The molecule has 0 amide bonds. The van der Waals surface area contributed by atoms with Gasteiger partial charge in [-0.25, -0.2) is 4.79 Å². The number of fused-ring (bicyclic) bond motifs is 3. The van der Waals surface area contributed by atoms with Gasteiger partial charge in [-0.05, 0) is 50.8 Å². The summed E-state index contributed by atoms with van der Waals surface area (Å²) in [5.74, 6) is 0. The summed E-state index contributed by atoms with van der Waals surface area (Å²) in [7, 11) is 4.04. The molecule has 3 aromatic rings. The van der Waals surface area contributed by atoms with Crippen molar-refractivity contribution in [3.63, 3.8) is 0 Å². The predicted molar refractivity (Wildman–Crippen MR) is 80.9 cm³/mol. The lowest BCUT2D eigenvalue weighted by molar-refractivity contribution is 0.321. The highest BCUT2D eigenvalue weighted by atomic mass is 16.4. The van der Waals surface area contributed by atoms with Crippen LogP contribution in [0.25, 0.3) is 21.7 Å². The van der Waals surface area contributed by atoms with Crippen molar-refractivity contribution in [1.82, 2.24) is 4.90 Å². The minimum atomic E-state index is -0.295. The number of benzene rings is 2. The van der Waals surface area contributed by atoms with Gasteiger partial charge < -0.3 is 9.32 Å². The normalized spacial score (nSPS) is 13.2. The molecule has 1 heterocycles. The third-order valence-corrected chi connectivity index (χ3v) is 3.80. The second-order valence-electron chi connectivity index (χ2n) is 5.25. The Hall–Kier alpha value is -2.13. The Bertz CT molecular complexity index is 833. The maximum atomic E-state index is 12.0. The lowest BCUT2D eigenvalue weighted by Crippen LogP contribution is -2.16. The Balaban J connectivity index is 2.31. The quantitative estimate of drug-likeness (QED) is 0.526. The molecule has 101 valence electrons. The van der Waals surface area contributed by atoms with Crippen molar-refractivity contribution in [3.05, 3.63) is 58.4 Å². The van der Waals surface area contributed by atoms with Gasteiger partial charge in [-0.1, -0.05) is 18.2 Å². The second kappa shape index (κ2) is 4.76. The van der Waals surface area contributed by atoms with Crippen molar-refractivity contribution >= 4 is 21.7 Å². The summed E-state index contributed by atoms with van der Waals surface area (Å²) < 4.78 is 5.44. The largest absolute Gasteiger partial charge is 0.422 e. The van der Waals surface area contributed by atoms with E-state index in [0.29, 0.717) is 11.0 Å². The molecule has 2 aromatic carbocycles. The topological polar surface area (TPSA) is 33.5 Å². The van der Waals surface area contributed by atoms with Crippen molar-refractivity contribution < 1.29 is 4.42 Å². The van der Waals surface area contributed by atoms with Crippen LogP contribution in [0.4, 0.5) is 0 Å². The van der Waals surface area contributed by atoms with E-state index >= 15 is 0 Å². The van der Waals surface area contributed by atoms with Gasteiger partial charge in [-0.3, -0.25) is 0 Å². The predicted octanol–water partition coefficient (Wildman–Crippen LogP) is 3.37. The van der Waals surface area contributed by atoms with Crippen molar-refractivity contribution in [2.75, 3.05) is 14.1 Å². The fourth-order valence-electron chi connectivity index (χ4n) is 2.36. The van der Waals surface area contributed by atoms with Gasteiger partial charge in [0.2, 0.25) is 0 Å². The lowest BCUT2D eigenvalue weighted by atomic mass is 10.0. The summed E-state index contributed by atoms with van der Waals surface area (Å²) in [4.78, 5) is 14.1. The smallest absolute Gasteiger partial charge is 0.344 e.